The van der Waals surface area contributed by atoms with Crippen LogP contribution in [0.25, 0.3) is 0 Å². The van der Waals surface area contributed by atoms with Gasteiger partial charge in [0, 0.05) is 20.3 Å². The number of hydrogen-bond donors (Lipinski definition) is 0. The average molecular weight is 242 g/mol. The molecule has 0 saturated carbocycles. The van der Waals surface area contributed by atoms with Gasteiger partial charge in [-0.2, -0.15) is 0 Å². The van der Waals surface area contributed by atoms with Gasteiger partial charge in [-0.25, -0.2) is 0 Å². The highest BCUT2D eigenvalue weighted by Crippen LogP contribution is 2.41. The summed E-state index contributed by atoms with van der Waals surface area (Å²) in [6.45, 7) is 6.30. The second-order valence-corrected chi connectivity index (χ2v) is 5.85. The minimum Gasteiger partial charge on any atom is -0.256 e. The molecule has 2 nitrogen and oxygen atoms in total. The third-order valence-electron chi connectivity index (χ3n) is 2.48. The van der Waals surface area contributed by atoms with E-state index in [1.807, 2.05) is 36.7 Å². The van der Waals surface area contributed by atoms with Gasteiger partial charge in [0.2, 0.25) is 0 Å². The monoisotopic (exact) mass is 242 g/mol. The fourth-order valence-corrected chi connectivity index (χ4v) is 3.60. The standard InChI is InChI=1S/C14H15N2P/c1-3-12(2)17(13-8-4-6-10-15-13)14-9-5-7-11-16-14/h4-11H,2-3H2,1H3. The van der Waals surface area contributed by atoms with Crippen LogP contribution in [0.2, 0.25) is 0 Å². The third-order valence-corrected chi connectivity index (χ3v) is 4.88. The Morgan fingerprint density at radius 1 is 1.06 bits per heavy atom. The summed E-state index contributed by atoms with van der Waals surface area (Å²) in [6.07, 6.45) is 4.62. The molecule has 0 aromatic carbocycles. The molecular weight excluding hydrogens is 227 g/mol. The molecule has 2 aromatic heterocycles. The normalized spacial score (nSPS) is 10.5. The molecule has 0 radical (unpaired) electrons. The topological polar surface area (TPSA) is 25.8 Å². The van der Waals surface area contributed by atoms with Crippen molar-refractivity contribution in [2.75, 3.05) is 0 Å². The first-order valence-electron chi connectivity index (χ1n) is 5.63. The number of hydrogen-bond acceptors (Lipinski definition) is 2. The van der Waals surface area contributed by atoms with Gasteiger partial charge in [0.1, 0.15) is 0 Å². The molecule has 0 bridgehead atoms. The van der Waals surface area contributed by atoms with Crippen LogP contribution in [0.15, 0.2) is 60.7 Å². The highest BCUT2D eigenvalue weighted by Gasteiger charge is 2.18. The second kappa shape index (κ2) is 5.70. The molecule has 2 heterocycles. The van der Waals surface area contributed by atoms with Gasteiger partial charge in [0.15, 0.2) is 0 Å². The minimum absolute atomic E-state index is 0.629. The Balaban J connectivity index is 2.43. The van der Waals surface area contributed by atoms with Gasteiger partial charge in [-0.05, 0) is 36.0 Å². The van der Waals surface area contributed by atoms with Crippen molar-refractivity contribution >= 4 is 18.8 Å². The predicted octanol–water partition coefficient (Wildman–Crippen LogP) is 2.83. The lowest BCUT2D eigenvalue weighted by Gasteiger charge is -2.17. The summed E-state index contributed by atoms with van der Waals surface area (Å²) < 4.78 is 0. The van der Waals surface area contributed by atoms with Crippen molar-refractivity contribution in [2.24, 2.45) is 0 Å². The number of aromatic nitrogens is 2. The van der Waals surface area contributed by atoms with E-state index in [-0.39, 0.29) is 0 Å². The van der Waals surface area contributed by atoms with Gasteiger partial charge >= 0.3 is 0 Å². The predicted molar refractivity (Wildman–Crippen MR) is 74.1 cm³/mol. The van der Waals surface area contributed by atoms with E-state index >= 15 is 0 Å². The van der Waals surface area contributed by atoms with Crippen LogP contribution >= 0.6 is 7.92 Å². The summed E-state index contributed by atoms with van der Waals surface area (Å²) >= 11 is 0. The molecule has 0 spiro atoms. The zero-order valence-corrected chi connectivity index (χ0v) is 10.8. The SMILES string of the molecule is C=C(CC)P(c1ccccn1)c1ccccn1. The van der Waals surface area contributed by atoms with Gasteiger partial charge in [0.25, 0.3) is 0 Å². The van der Waals surface area contributed by atoms with E-state index < -0.39 is 7.92 Å². The maximum absolute atomic E-state index is 4.45. The third kappa shape index (κ3) is 2.78. The van der Waals surface area contributed by atoms with Crippen LogP contribution in [0, 0.1) is 0 Å². The summed E-state index contributed by atoms with van der Waals surface area (Å²) in [6, 6.07) is 12.0. The van der Waals surface area contributed by atoms with Crippen molar-refractivity contribution in [3.05, 3.63) is 60.7 Å². The van der Waals surface area contributed by atoms with Crippen molar-refractivity contribution in [3.8, 4) is 0 Å². The molecule has 0 amide bonds. The first-order valence-corrected chi connectivity index (χ1v) is 6.97. The summed E-state index contributed by atoms with van der Waals surface area (Å²) in [5, 5.41) is 1.21. The van der Waals surface area contributed by atoms with Crippen LogP contribution in [0.1, 0.15) is 13.3 Å². The van der Waals surface area contributed by atoms with Gasteiger partial charge < -0.3 is 0 Å². The zero-order chi connectivity index (χ0) is 12.1. The Labute approximate surface area is 103 Å². The number of allylic oxidation sites excluding steroid dienone is 1. The van der Waals surface area contributed by atoms with Crippen LogP contribution < -0.4 is 10.9 Å². The quantitative estimate of drug-likeness (QED) is 0.770. The van der Waals surface area contributed by atoms with Crippen molar-refractivity contribution in [2.45, 2.75) is 13.3 Å². The Kier molecular flexibility index (Phi) is 4.00. The van der Waals surface area contributed by atoms with Gasteiger partial charge in [0.05, 0.1) is 10.9 Å². The second-order valence-electron chi connectivity index (χ2n) is 3.63. The molecule has 0 aliphatic heterocycles. The van der Waals surface area contributed by atoms with E-state index in [9.17, 15) is 0 Å². The van der Waals surface area contributed by atoms with Gasteiger partial charge in [-0.1, -0.05) is 25.6 Å². The van der Waals surface area contributed by atoms with E-state index in [1.165, 1.54) is 5.31 Å². The lowest BCUT2D eigenvalue weighted by molar-refractivity contribution is 1.20. The Morgan fingerprint density at radius 2 is 1.59 bits per heavy atom. The highest BCUT2D eigenvalue weighted by molar-refractivity contribution is 7.76. The van der Waals surface area contributed by atoms with Crippen LogP contribution in [0.5, 0.6) is 0 Å². The molecule has 0 atom stereocenters. The fraction of sp³-hybridized carbons (Fsp3) is 0.143. The molecule has 17 heavy (non-hydrogen) atoms. The molecule has 0 aliphatic rings. The number of rotatable bonds is 4. The van der Waals surface area contributed by atoms with Crippen molar-refractivity contribution in [1.82, 2.24) is 9.97 Å². The number of nitrogens with zero attached hydrogens (tertiary/aromatic N) is 2. The van der Waals surface area contributed by atoms with Gasteiger partial charge in [-0.3, -0.25) is 9.97 Å². The molecule has 86 valence electrons. The van der Waals surface area contributed by atoms with Crippen molar-refractivity contribution in [1.29, 1.82) is 0 Å². The summed E-state index contributed by atoms with van der Waals surface area (Å²) in [5.74, 6) is 0. The first-order chi connectivity index (χ1) is 8.33. The summed E-state index contributed by atoms with van der Waals surface area (Å²) in [7, 11) is -0.629. The lowest BCUT2D eigenvalue weighted by atomic mass is 10.5. The van der Waals surface area contributed by atoms with Gasteiger partial charge in [-0.15, -0.1) is 0 Å². The molecular formula is C14H15N2P. The molecule has 0 N–H and O–H groups in total. The molecule has 2 rings (SSSR count). The molecule has 0 saturated heterocycles. The number of pyridine rings is 2. The van der Waals surface area contributed by atoms with Crippen LogP contribution in [0.4, 0.5) is 0 Å². The smallest absolute Gasteiger partial charge is 0.0733 e. The first kappa shape index (κ1) is 11.9. The van der Waals surface area contributed by atoms with Crippen LogP contribution in [-0.2, 0) is 0 Å². The maximum Gasteiger partial charge on any atom is 0.0733 e. The largest absolute Gasteiger partial charge is 0.256 e. The van der Waals surface area contributed by atoms with E-state index in [0.717, 1.165) is 17.3 Å². The highest BCUT2D eigenvalue weighted by atomic mass is 31.1. The summed E-state index contributed by atoms with van der Waals surface area (Å²) in [5.41, 5.74) is 2.15. The van der Waals surface area contributed by atoms with Crippen molar-refractivity contribution < 1.29 is 0 Å². The van der Waals surface area contributed by atoms with E-state index in [1.54, 1.807) is 0 Å². The summed E-state index contributed by atoms with van der Waals surface area (Å²) in [4.78, 5) is 8.90. The lowest BCUT2D eigenvalue weighted by Crippen LogP contribution is -2.17. The minimum atomic E-state index is -0.629. The van der Waals surface area contributed by atoms with Crippen LogP contribution in [0.3, 0.4) is 0 Å². The molecule has 0 aliphatic carbocycles. The van der Waals surface area contributed by atoms with E-state index in [0.29, 0.717) is 0 Å². The Morgan fingerprint density at radius 3 is 1.94 bits per heavy atom. The van der Waals surface area contributed by atoms with Crippen LogP contribution in [-0.4, -0.2) is 9.97 Å². The van der Waals surface area contributed by atoms with E-state index in [2.05, 4.69) is 35.6 Å². The molecule has 0 fully saturated rings. The Hall–Kier alpha value is -1.53. The Bertz CT molecular complexity index is 443. The molecule has 0 unspecified atom stereocenters. The zero-order valence-electron chi connectivity index (χ0n) is 9.87. The molecule has 2 aromatic rings. The van der Waals surface area contributed by atoms with Crippen molar-refractivity contribution in [3.63, 3.8) is 0 Å². The average Bonchev–Trinajstić information content (AvgIpc) is 2.41. The molecule has 3 heteroatoms. The van der Waals surface area contributed by atoms with E-state index in [4.69, 9.17) is 0 Å². The fourth-order valence-electron chi connectivity index (χ4n) is 1.57. The maximum atomic E-state index is 4.45.